The quantitative estimate of drug-likeness (QED) is 0.822. The van der Waals surface area contributed by atoms with E-state index in [0.717, 1.165) is 26.1 Å². The molecule has 0 spiro atoms. The van der Waals surface area contributed by atoms with Crippen LogP contribution in [-0.4, -0.2) is 48.1 Å². The number of ether oxygens (including phenoxy) is 1. The molecule has 1 atom stereocenters. The Kier molecular flexibility index (Phi) is 5.67. The summed E-state index contributed by atoms with van der Waals surface area (Å²) in [7, 11) is 0. The van der Waals surface area contributed by atoms with Crippen LogP contribution in [0.1, 0.15) is 18.9 Å². The third-order valence-electron chi connectivity index (χ3n) is 3.63. The van der Waals surface area contributed by atoms with E-state index >= 15 is 0 Å². The number of para-hydroxylation sites is 1. The Bertz CT molecular complexity index is 513. The van der Waals surface area contributed by atoms with Crippen molar-refractivity contribution in [2.45, 2.75) is 19.4 Å². The number of hydrogen-bond acceptors (Lipinski definition) is 4. The first-order chi connectivity index (χ1) is 10.1. The van der Waals surface area contributed by atoms with Crippen LogP contribution in [0.15, 0.2) is 24.3 Å². The molecule has 1 aromatic rings. The second kappa shape index (κ2) is 7.49. The molecule has 0 aromatic heterocycles. The maximum absolute atomic E-state index is 12.4. The van der Waals surface area contributed by atoms with Gasteiger partial charge >= 0.3 is 0 Å². The van der Waals surface area contributed by atoms with Gasteiger partial charge in [0.1, 0.15) is 4.99 Å². The predicted molar refractivity (Wildman–Crippen MR) is 87.4 cm³/mol. The molecule has 1 saturated heterocycles. The first-order valence-electron chi connectivity index (χ1n) is 7.11. The highest BCUT2D eigenvalue weighted by Crippen LogP contribution is 2.16. The zero-order valence-electron chi connectivity index (χ0n) is 12.2. The van der Waals surface area contributed by atoms with Crippen LogP contribution >= 0.6 is 12.2 Å². The van der Waals surface area contributed by atoms with Crippen LogP contribution in [0.5, 0.6) is 0 Å². The normalized spacial score (nSPS) is 17.8. The number of carbonyl (C=O) groups is 1. The number of anilines is 1. The summed E-state index contributed by atoms with van der Waals surface area (Å²) in [5.41, 5.74) is 7.03. The van der Waals surface area contributed by atoms with Gasteiger partial charge in [-0.3, -0.25) is 9.69 Å². The lowest BCUT2D eigenvalue weighted by Gasteiger charge is -2.26. The molecule has 0 bridgehead atoms. The van der Waals surface area contributed by atoms with Crippen molar-refractivity contribution < 1.29 is 9.53 Å². The van der Waals surface area contributed by atoms with Crippen LogP contribution in [0.2, 0.25) is 0 Å². The number of thiocarbonyl (C=S) groups is 1. The molecule has 1 aromatic carbocycles. The first-order valence-corrected chi connectivity index (χ1v) is 7.52. The lowest BCUT2D eigenvalue weighted by atomic mass is 10.1. The van der Waals surface area contributed by atoms with Crippen LogP contribution in [-0.2, 0) is 9.53 Å². The molecule has 6 heteroatoms. The first kappa shape index (κ1) is 15.9. The largest absolute Gasteiger partial charge is 0.389 e. The molecular formula is C15H21N3O2S. The Morgan fingerprint density at radius 3 is 2.90 bits per heavy atom. The predicted octanol–water partition coefficient (Wildman–Crippen LogP) is 1.37. The summed E-state index contributed by atoms with van der Waals surface area (Å²) in [6.07, 6.45) is 0.946. The molecule has 21 heavy (non-hydrogen) atoms. The summed E-state index contributed by atoms with van der Waals surface area (Å²) in [6, 6.07) is 7.10. The molecule has 0 saturated carbocycles. The van der Waals surface area contributed by atoms with Gasteiger partial charge < -0.3 is 15.8 Å². The molecule has 1 aliphatic rings. The van der Waals surface area contributed by atoms with Gasteiger partial charge in [0.2, 0.25) is 5.91 Å². The van der Waals surface area contributed by atoms with Gasteiger partial charge in [-0.05, 0) is 25.5 Å². The average molecular weight is 307 g/mol. The van der Waals surface area contributed by atoms with Gasteiger partial charge in [-0.1, -0.05) is 24.4 Å². The van der Waals surface area contributed by atoms with Crippen molar-refractivity contribution in [2.24, 2.45) is 5.73 Å². The number of carbonyl (C=O) groups excluding carboxylic acids is 1. The second-order valence-corrected chi connectivity index (χ2v) is 5.52. The van der Waals surface area contributed by atoms with Crippen LogP contribution in [0.4, 0.5) is 5.69 Å². The van der Waals surface area contributed by atoms with E-state index in [2.05, 4.69) is 10.2 Å². The van der Waals surface area contributed by atoms with E-state index in [9.17, 15) is 4.79 Å². The topological polar surface area (TPSA) is 67.6 Å². The highest BCUT2D eigenvalue weighted by atomic mass is 32.1. The average Bonchev–Trinajstić information content (AvgIpc) is 2.75. The van der Waals surface area contributed by atoms with E-state index < -0.39 is 0 Å². The fraction of sp³-hybridized carbons (Fsp3) is 0.467. The summed E-state index contributed by atoms with van der Waals surface area (Å²) in [4.78, 5) is 14.8. The molecule has 0 aliphatic carbocycles. The number of nitrogens with two attached hydrogens (primary N) is 1. The van der Waals surface area contributed by atoms with Crippen molar-refractivity contribution in [3.63, 3.8) is 0 Å². The van der Waals surface area contributed by atoms with E-state index in [1.165, 1.54) is 0 Å². The number of benzene rings is 1. The van der Waals surface area contributed by atoms with E-state index in [0.29, 0.717) is 17.9 Å². The maximum Gasteiger partial charge on any atom is 0.241 e. The molecule has 1 fully saturated rings. The molecule has 1 heterocycles. The van der Waals surface area contributed by atoms with E-state index in [1.54, 1.807) is 0 Å². The van der Waals surface area contributed by atoms with Gasteiger partial charge in [0.05, 0.1) is 18.3 Å². The van der Waals surface area contributed by atoms with Gasteiger partial charge in [0.15, 0.2) is 0 Å². The molecular weight excluding hydrogens is 286 g/mol. The minimum atomic E-state index is -0.217. The summed E-state index contributed by atoms with van der Waals surface area (Å²) >= 11 is 5.01. The molecule has 1 amide bonds. The highest BCUT2D eigenvalue weighted by Gasteiger charge is 2.23. The van der Waals surface area contributed by atoms with Gasteiger partial charge in [0, 0.05) is 25.3 Å². The minimum absolute atomic E-state index is 0.0550. The fourth-order valence-corrected chi connectivity index (χ4v) is 2.54. The molecule has 114 valence electrons. The van der Waals surface area contributed by atoms with Crippen LogP contribution in [0.3, 0.4) is 0 Å². The molecule has 3 N–H and O–H groups in total. The third-order valence-corrected chi connectivity index (χ3v) is 3.85. The lowest BCUT2D eigenvalue weighted by Crippen LogP contribution is -2.43. The summed E-state index contributed by atoms with van der Waals surface area (Å²) in [6.45, 7) is 4.97. The summed E-state index contributed by atoms with van der Waals surface area (Å²) in [5, 5.41) is 2.92. The third kappa shape index (κ3) is 4.23. The highest BCUT2D eigenvalue weighted by molar-refractivity contribution is 7.80. The molecule has 1 unspecified atom stereocenters. The standard InChI is InChI=1S/C15H21N3O2S/c1-11(18-7-4-9-20-10-8-18)15(19)17-13-6-3-2-5-12(13)14(16)21/h2-3,5-6,11H,4,7-10H2,1H3,(H2,16,21)(H,17,19). The van der Waals surface area contributed by atoms with Crippen molar-refractivity contribution in [1.82, 2.24) is 4.90 Å². The SMILES string of the molecule is CC(C(=O)Nc1ccccc1C(N)=S)N1CCCOCC1. The molecule has 5 nitrogen and oxygen atoms in total. The number of nitrogens with one attached hydrogen (secondary N) is 1. The Labute approximate surface area is 130 Å². The van der Waals surface area contributed by atoms with Crippen molar-refractivity contribution in [1.29, 1.82) is 0 Å². The van der Waals surface area contributed by atoms with Gasteiger partial charge in [-0.2, -0.15) is 0 Å². The van der Waals surface area contributed by atoms with Crippen molar-refractivity contribution >= 4 is 28.8 Å². The number of hydrogen-bond donors (Lipinski definition) is 2. The smallest absolute Gasteiger partial charge is 0.241 e. The zero-order chi connectivity index (χ0) is 15.2. The fourth-order valence-electron chi connectivity index (χ4n) is 2.36. The van der Waals surface area contributed by atoms with E-state index in [4.69, 9.17) is 22.7 Å². The van der Waals surface area contributed by atoms with Crippen LogP contribution < -0.4 is 11.1 Å². The Hall–Kier alpha value is -1.50. The Morgan fingerprint density at radius 2 is 2.14 bits per heavy atom. The van der Waals surface area contributed by atoms with E-state index in [-0.39, 0.29) is 16.9 Å². The van der Waals surface area contributed by atoms with Crippen molar-refractivity contribution in [2.75, 3.05) is 31.6 Å². The monoisotopic (exact) mass is 307 g/mol. The summed E-state index contributed by atoms with van der Waals surface area (Å²) < 4.78 is 5.42. The molecule has 2 rings (SSSR count). The van der Waals surface area contributed by atoms with Gasteiger partial charge in [-0.25, -0.2) is 0 Å². The van der Waals surface area contributed by atoms with Crippen molar-refractivity contribution in [3.05, 3.63) is 29.8 Å². The number of nitrogens with zero attached hydrogens (tertiary/aromatic N) is 1. The second-order valence-electron chi connectivity index (χ2n) is 5.08. The summed E-state index contributed by atoms with van der Waals surface area (Å²) in [5.74, 6) is -0.0550. The minimum Gasteiger partial charge on any atom is -0.389 e. The van der Waals surface area contributed by atoms with Crippen LogP contribution in [0.25, 0.3) is 0 Å². The Balaban J connectivity index is 2.05. The maximum atomic E-state index is 12.4. The molecule has 0 radical (unpaired) electrons. The zero-order valence-corrected chi connectivity index (χ0v) is 13.0. The van der Waals surface area contributed by atoms with Gasteiger partial charge in [0.25, 0.3) is 0 Å². The van der Waals surface area contributed by atoms with Crippen LogP contribution in [0, 0.1) is 0 Å². The molecule has 1 aliphatic heterocycles. The number of amides is 1. The number of rotatable bonds is 4. The Morgan fingerprint density at radius 1 is 1.38 bits per heavy atom. The van der Waals surface area contributed by atoms with Gasteiger partial charge in [-0.15, -0.1) is 0 Å². The van der Waals surface area contributed by atoms with Crippen molar-refractivity contribution in [3.8, 4) is 0 Å². The van der Waals surface area contributed by atoms with E-state index in [1.807, 2.05) is 31.2 Å². The lowest BCUT2D eigenvalue weighted by molar-refractivity contribution is -0.120.